The van der Waals surface area contributed by atoms with Crippen molar-refractivity contribution in [2.75, 3.05) is 0 Å². The van der Waals surface area contributed by atoms with E-state index >= 15 is 0 Å². The van der Waals surface area contributed by atoms with Crippen molar-refractivity contribution in [1.29, 1.82) is 0 Å². The molecule has 0 unspecified atom stereocenters. The molecule has 0 rings (SSSR count). The van der Waals surface area contributed by atoms with Crippen LogP contribution in [-0.2, 0) is 71.4 Å². The van der Waals surface area contributed by atoms with Crippen LogP contribution in [0.5, 0.6) is 0 Å². The van der Waals surface area contributed by atoms with Crippen LogP contribution in [0, 0.1) is 0 Å². The Kier molecular flexibility index (Phi) is 43.2. The van der Waals surface area contributed by atoms with E-state index in [1.165, 1.54) is 0 Å². The number of hydrogen-bond donors (Lipinski definition) is 2. The summed E-state index contributed by atoms with van der Waals surface area (Å²) < 4.78 is 31.8. The Labute approximate surface area is 99.1 Å². The first kappa shape index (κ1) is 30.4. The van der Waals surface area contributed by atoms with E-state index in [9.17, 15) is 0 Å². The number of rotatable bonds is 0. The molecular formula is H3CoLiMn2NiO4. The Bertz CT molecular complexity index is 106. The molecular weight excluding hydrogens is 298 g/mol. The van der Waals surface area contributed by atoms with Crippen molar-refractivity contribution in [2.45, 2.75) is 0 Å². The minimum atomic E-state index is -5.12. The fourth-order valence-electron chi connectivity index (χ4n) is 0. The third-order valence-electron chi connectivity index (χ3n) is 0. The fourth-order valence-corrected chi connectivity index (χ4v) is 0. The van der Waals surface area contributed by atoms with Crippen LogP contribution in [0.25, 0.3) is 0 Å². The molecule has 4 nitrogen and oxygen atoms in total. The van der Waals surface area contributed by atoms with Gasteiger partial charge in [0.1, 0.15) is 0 Å². The van der Waals surface area contributed by atoms with Gasteiger partial charge in [-0.1, -0.05) is 0 Å². The SMILES string of the molecule is [Co].[H-].[Li+].[Mn].[Ni].[O]=[Mn](=[O])([OH])[OH]. The van der Waals surface area contributed by atoms with Gasteiger partial charge in [0.05, 0.1) is 0 Å². The molecule has 0 aromatic heterocycles. The molecule has 0 amide bonds. The van der Waals surface area contributed by atoms with Crippen molar-refractivity contribution in [3.63, 3.8) is 0 Å². The molecule has 0 aliphatic rings. The van der Waals surface area contributed by atoms with E-state index in [-0.39, 0.29) is 70.6 Å². The standard InChI is InChI=1S/Co.Li.2Mn.Ni.2H2O.2O.H/h;;;;;2*1H2;;;/q;+1;;+2;;;;;;-1/p-2. The van der Waals surface area contributed by atoms with E-state index in [2.05, 4.69) is 0 Å². The van der Waals surface area contributed by atoms with Gasteiger partial charge < -0.3 is 1.43 Å². The predicted molar refractivity (Wildman–Crippen MR) is 6.92 cm³/mol. The third kappa shape index (κ3) is 145. The molecule has 0 saturated heterocycles. The minimum absolute atomic E-state index is 0. The van der Waals surface area contributed by atoms with Crippen molar-refractivity contribution in [3.8, 4) is 0 Å². The second-order valence-electron chi connectivity index (χ2n) is 0.415. The average Bonchev–Trinajstić information content (AvgIpc) is 0.722. The molecule has 0 aliphatic carbocycles. The van der Waals surface area contributed by atoms with Crippen LogP contribution in [0.15, 0.2) is 0 Å². The van der Waals surface area contributed by atoms with Gasteiger partial charge in [-0.3, -0.25) is 0 Å². The van der Waals surface area contributed by atoms with Crippen LogP contribution < -0.4 is 18.9 Å². The Hall–Kier alpha value is 2.16. The quantitative estimate of drug-likeness (QED) is 0.445. The predicted octanol–water partition coefficient (Wildman–Crippen LogP) is -4.25. The van der Waals surface area contributed by atoms with Crippen molar-refractivity contribution >= 4 is 0 Å². The summed E-state index contributed by atoms with van der Waals surface area (Å²) in [4.78, 5) is 0. The summed E-state index contributed by atoms with van der Waals surface area (Å²) in [5, 5.41) is 0. The van der Waals surface area contributed by atoms with Crippen molar-refractivity contribution < 1.29 is 100 Å². The molecule has 9 heavy (non-hydrogen) atoms. The van der Waals surface area contributed by atoms with Crippen molar-refractivity contribution in [2.24, 2.45) is 0 Å². The zero-order valence-electron chi connectivity index (χ0n) is 5.12. The van der Waals surface area contributed by atoms with Crippen LogP contribution in [0.1, 0.15) is 1.43 Å². The van der Waals surface area contributed by atoms with Crippen molar-refractivity contribution in [3.05, 3.63) is 0 Å². The molecule has 2 radical (unpaired) electrons. The summed E-state index contributed by atoms with van der Waals surface area (Å²) in [6, 6.07) is 0. The molecule has 0 aromatic rings. The van der Waals surface area contributed by atoms with E-state index in [0.29, 0.717) is 0 Å². The van der Waals surface area contributed by atoms with Gasteiger partial charge >= 0.3 is 48.3 Å². The van der Waals surface area contributed by atoms with Gasteiger partial charge in [-0.15, -0.1) is 0 Å². The Morgan fingerprint density at radius 3 is 1.22 bits per heavy atom. The second kappa shape index (κ2) is 12.8. The first-order chi connectivity index (χ1) is 2.00. The molecule has 0 spiro atoms. The molecule has 0 aliphatic heterocycles. The summed E-state index contributed by atoms with van der Waals surface area (Å²) in [6.45, 7) is 0. The van der Waals surface area contributed by atoms with Gasteiger partial charge in [-0.05, 0) is 0 Å². The normalized spacial score (nSPS) is 6.44. The van der Waals surface area contributed by atoms with Gasteiger partial charge in [0, 0.05) is 50.3 Å². The summed E-state index contributed by atoms with van der Waals surface area (Å²) >= 11 is -5.12. The molecule has 9 heteroatoms. The van der Waals surface area contributed by atoms with E-state index in [1.807, 2.05) is 0 Å². The maximum atomic E-state index is 8.80. The van der Waals surface area contributed by atoms with Crippen LogP contribution in [0.2, 0.25) is 0 Å². The molecule has 0 bridgehead atoms. The molecule has 0 heterocycles. The fraction of sp³-hybridized carbons (Fsp3) is 0. The molecule has 0 saturated carbocycles. The molecule has 2 N–H and O–H groups in total. The monoisotopic (exact) mass is 301 g/mol. The van der Waals surface area contributed by atoms with Crippen LogP contribution in [0.3, 0.4) is 0 Å². The maximum absolute atomic E-state index is 8.80. The van der Waals surface area contributed by atoms with Gasteiger partial charge in [0.15, 0.2) is 0 Å². The third-order valence-corrected chi connectivity index (χ3v) is 0. The Balaban J connectivity index is -0.00000000800. The molecule has 0 fully saturated rings. The van der Waals surface area contributed by atoms with E-state index in [4.69, 9.17) is 16.0 Å². The van der Waals surface area contributed by atoms with Crippen LogP contribution >= 0.6 is 0 Å². The Morgan fingerprint density at radius 1 is 1.22 bits per heavy atom. The van der Waals surface area contributed by atoms with Gasteiger partial charge in [0.25, 0.3) is 0 Å². The second-order valence-corrected chi connectivity index (χ2v) is 1.71. The zero-order valence-corrected chi connectivity index (χ0v) is 8.51. The summed E-state index contributed by atoms with van der Waals surface area (Å²) in [6.07, 6.45) is 0. The van der Waals surface area contributed by atoms with Crippen LogP contribution in [0.4, 0.5) is 0 Å². The topological polar surface area (TPSA) is 74.6 Å². The van der Waals surface area contributed by atoms with Crippen molar-refractivity contribution in [1.82, 2.24) is 0 Å². The first-order valence-corrected chi connectivity index (χ1v) is 2.67. The Morgan fingerprint density at radius 2 is 1.22 bits per heavy atom. The summed E-state index contributed by atoms with van der Waals surface area (Å²) in [5.74, 6) is 0. The van der Waals surface area contributed by atoms with Crippen LogP contribution in [-0.4, -0.2) is 8.38 Å². The van der Waals surface area contributed by atoms with Gasteiger partial charge in [-0.2, -0.15) is 0 Å². The van der Waals surface area contributed by atoms with Gasteiger partial charge in [0.2, 0.25) is 0 Å². The number of hydrogen-bond acceptors (Lipinski definition) is 2. The molecule has 0 aromatic carbocycles. The molecule has 0 atom stereocenters. The average molecular weight is 301 g/mol. The van der Waals surface area contributed by atoms with E-state index in [1.54, 1.807) is 0 Å². The van der Waals surface area contributed by atoms with E-state index < -0.39 is 13.4 Å². The van der Waals surface area contributed by atoms with Gasteiger partial charge in [-0.25, -0.2) is 0 Å². The summed E-state index contributed by atoms with van der Waals surface area (Å²) in [5.41, 5.74) is 0. The summed E-state index contributed by atoms with van der Waals surface area (Å²) in [7, 11) is 0. The molecule has 61 valence electrons. The van der Waals surface area contributed by atoms with E-state index in [0.717, 1.165) is 0 Å². The first-order valence-electron chi connectivity index (χ1n) is 0.647. The zero-order chi connectivity index (χ0) is 4.50.